The average Bonchev–Trinajstić information content (AvgIpc) is 3.06. The minimum Gasteiger partial charge on any atom is -0.360 e. The Labute approximate surface area is 150 Å². The molecule has 0 radical (unpaired) electrons. The molecule has 8 nitrogen and oxygen atoms in total. The van der Waals surface area contributed by atoms with E-state index in [0.717, 1.165) is 0 Å². The summed E-state index contributed by atoms with van der Waals surface area (Å²) in [5, 5.41) is 6.35. The number of piperazine rings is 1. The van der Waals surface area contributed by atoms with Gasteiger partial charge >= 0.3 is 0 Å². The number of anilines is 1. The maximum absolute atomic E-state index is 12.7. The summed E-state index contributed by atoms with van der Waals surface area (Å²) in [5.74, 6) is 0.409. The number of amides is 3. The summed E-state index contributed by atoms with van der Waals surface area (Å²) in [5.41, 5.74) is 0.795. The van der Waals surface area contributed by atoms with Crippen LogP contribution in [0, 0.1) is 6.92 Å². The lowest BCUT2D eigenvalue weighted by Gasteiger charge is -2.34. The first-order valence-electron chi connectivity index (χ1n) is 8.33. The highest BCUT2D eigenvalue weighted by Crippen LogP contribution is 2.14. The van der Waals surface area contributed by atoms with Gasteiger partial charge in [0.05, 0.1) is 0 Å². The van der Waals surface area contributed by atoms with E-state index in [2.05, 4.69) is 10.5 Å². The molecule has 2 aromatic rings. The average molecular weight is 356 g/mol. The molecule has 136 valence electrons. The van der Waals surface area contributed by atoms with E-state index in [1.54, 1.807) is 47.1 Å². The summed E-state index contributed by atoms with van der Waals surface area (Å²) in [6.07, 6.45) is 0. The van der Waals surface area contributed by atoms with Crippen molar-refractivity contribution in [3.05, 3.63) is 47.2 Å². The van der Waals surface area contributed by atoms with Crippen LogP contribution in [0.1, 0.15) is 33.4 Å². The lowest BCUT2D eigenvalue weighted by Crippen LogP contribution is -2.50. The van der Waals surface area contributed by atoms with Crippen LogP contribution in [0.15, 0.2) is 34.9 Å². The number of hydrogen-bond acceptors (Lipinski definition) is 5. The second-order valence-corrected chi connectivity index (χ2v) is 6.16. The van der Waals surface area contributed by atoms with Crippen molar-refractivity contribution in [1.82, 2.24) is 15.0 Å². The largest absolute Gasteiger partial charge is 0.360 e. The van der Waals surface area contributed by atoms with Crippen molar-refractivity contribution in [3.63, 3.8) is 0 Å². The number of nitrogens with one attached hydrogen (secondary N) is 1. The number of carbonyl (C=O) groups is 3. The van der Waals surface area contributed by atoms with Gasteiger partial charge in [-0.2, -0.15) is 0 Å². The number of aryl methyl sites for hydroxylation is 1. The molecule has 8 heteroatoms. The molecular weight excluding hydrogens is 336 g/mol. The van der Waals surface area contributed by atoms with Crippen molar-refractivity contribution in [2.45, 2.75) is 13.8 Å². The Balaban J connectivity index is 1.67. The Hall–Kier alpha value is -3.16. The zero-order valence-corrected chi connectivity index (χ0v) is 14.7. The predicted molar refractivity (Wildman–Crippen MR) is 93.8 cm³/mol. The molecule has 26 heavy (non-hydrogen) atoms. The first kappa shape index (κ1) is 17.7. The van der Waals surface area contributed by atoms with E-state index in [-0.39, 0.29) is 17.7 Å². The zero-order valence-electron chi connectivity index (χ0n) is 14.7. The number of carbonyl (C=O) groups excluding carboxylic acids is 3. The maximum atomic E-state index is 12.7. The summed E-state index contributed by atoms with van der Waals surface area (Å²) in [4.78, 5) is 39.8. The van der Waals surface area contributed by atoms with Gasteiger partial charge < -0.3 is 19.6 Å². The van der Waals surface area contributed by atoms with E-state index in [1.807, 2.05) is 0 Å². The summed E-state index contributed by atoms with van der Waals surface area (Å²) in [6, 6.07) is 8.15. The molecule has 1 aromatic carbocycles. The molecule has 1 N–H and O–H groups in total. The molecule has 0 saturated carbocycles. The molecule has 1 fully saturated rings. The van der Waals surface area contributed by atoms with Crippen LogP contribution >= 0.6 is 0 Å². The standard InChI is InChI=1S/C18H20N4O4/c1-12-10-16(20-26-12)19-17(24)14-4-3-5-15(11-14)18(25)22-8-6-21(7-9-22)13(2)23/h3-5,10-11H,6-9H2,1-2H3,(H,19,20,24). The third kappa shape index (κ3) is 3.90. The lowest BCUT2D eigenvalue weighted by molar-refractivity contribution is -0.130. The quantitative estimate of drug-likeness (QED) is 0.900. The Bertz CT molecular complexity index is 837. The van der Waals surface area contributed by atoms with Crippen LogP contribution in [-0.2, 0) is 4.79 Å². The molecule has 0 aliphatic carbocycles. The fourth-order valence-electron chi connectivity index (χ4n) is 2.81. The molecular formula is C18H20N4O4. The number of aromatic nitrogens is 1. The molecule has 3 amide bonds. The van der Waals surface area contributed by atoms with Crippen molar-refractivity contribution >= 4 is 23.5 Å². The Kier molecular flexibility index (Phi) is 5.01. The Morgan fingerprint density at radius 3 is 2.31 bits per heavy atom. The number of nitrogens with zero attached hydrogens (tertiary/aromatic N) is 3. The minimum absolute atomic E-state index is 0.0128. The molecule has 1 aliphatic heterocycles. The van der Waals surface area contributed by atoms with Crippen LogP contribution in [-0.4, -0.2) is 58.9 Å². The van der Waals surface area contributed by atoms with Gasteiger partial charge in [0.25, 0.3) is 11.8 Å². The topological polar surface area (TPSA) is 95.8 Å². The highest BCUT2D eigenvalue weighted by Gasteiger charge is 2.23. The second-order valence-electron chi connectivity index (χ2n) is 6.16. The smallest absolute Gasteiger partial charge is 0.256 e. The molecule has 0 spiro atoms. The van der Waals surface area contributed by atoms with Crippen molar-refractivity contribution < 1.29 is 18.9 Å². The van der Waals surface area contributed by atoms with Crippen molar-refractivity contribution in [2.75, 3.05) is 31.5 Å². The number of benzene rings is 1. The maximum Gasteiger partial charge on any atom is 0.256 e. The van der Waals surface area contributed by atoms with E-state index >= 15 is 0 Å². The van der Waals surface area contributed by atoms with Crippen molar-refractivity contribution in [1.29, 1.82) is 0 Å². The van der Waals surface area contributed by atoms with Gasteiger partial charge in [-0.05, 0) is 25.1 Å². The van der Waals surface area contributed by atoms with Crippen LogP contribution < -0.4 is 5.32 Å². The fourth-order valence-corrected chi connectivity index (χ4v) is 2.81. The lowest BCUT2D eigenvalue weighted by atomic mass is 10.1. The Morgan fingerprint density at radius 1 is 1.04 bits per heavy atom. The zero-order chi connectivity index (χ0) is 18.7. The number of rotatable bonds is 3. The minimum atomic E-state index is -0.366. The van der Waals surface area contributed by atoms with E-state index < -0.39 is 0 Å². The van der Waals surface area contributed by atoms with Gasteiger partial charge in [0, 0.05) is 50.3 Å². The van der Waals surface area contributed by atoms with Crippen LogP contribution in [0.5, 0.6) is 0 Å². The van der Waals surface area contributed by atoms with E-state index in [9.17, 15) is 14.4 Å². The highest BCUT2D eigenvalue weighted by atomic mass is 16.5. The molecule has 1 aromatic heterocycles. The normalized spacial score (nSPS) is 14.2. The summed E-state index contributed by atoms with van der Waals surface area (Å²) in [6.45, 7) is 5.25. The third-order valence-corrected chi connectivity index (χ3v) is 4.25. The number of hydrogen-bond donors (Lipinski definition) is 1. The van der Waals surface area contributed by atoms with E-state index in [0.29, 0.717) is 48.9 Å². The fraction of sp³-hybridized carbons (Fsp3) is 0.333. The van der Waals surface area contributed by atoms with Gasteiger partial charge in [-0.15, -0.1) is 0 Å². The highest BCUT2D eigenvalue weighted by molar-refractivity contribution is 6.05. The third-order valence-electron chi connectivity index (χ3n) is 4.25. The molecule has 3 rings (SSSR count). The van der Waals surface area contributed by atoms with Gasteiger partial charge in [0.1, 0.15) is 5.76 Å². The van der Waals surface area contributed by atoms with Gasteiger partial charge in [-0.1, -0.05) is 11.2 Å². The van der Waals surface area contributed by atoms with Crippen LogP contribution in [0.3, 0.4) is 0 Å². The Morgan fingerprint density at radius 2 is 1.69 bits per heavy atom. The SMILES string of the molecule is CC(=O)N1CCN(C(=O)c2cccc(C(=O)Nc3cc(C)on3)c2)CC1. The van der Waals surface area contributed by atoms with E-state index in [4.69, 9.17) is 4.52 Å². The van der Waals surface area contributed by atoms with Gasteiger partial charge in [0.15, 0.2) is 5.82 Å². The van der Waals surface area contributed by atoms with Crippen molar-refractivity contribution in [3.8, 4) is 0 Å². The van der Waals surface area contributed by atoms with Gasteiger partial charge in [-0.25, -0.2) is 0 Å². The van der Waals surface area contributed by atoms with E-state index in [1.165, 1.54) is 6.92 Å². The molecule has 1 aliphatic rings. The molecule has 2 heterocycles. The summed E-state index contributed by atoms with van der Waals surface area (Å²) in [7, 11) is 0. The second kappa shape index (κ2) is 7.38. The van der Waals surface area contributed by atoms with Crippen molar-refractivity contribution in [2.24, 2.45) is 0 Å². The van der Waals surface area contributed by atoms with Crippen LogP contribution in [0.25, 0.3) is 0 Å². The van der Waals surface area contributed by atoms with Crippen LogP contribution in [0.2, 0.25) is 0 Å². The van der Waals surface area contributed by atoms with Crippen LogP contribution in [0.4, 0.5) is 5.82 Å². The van der Waals surface area contributed by atoms with Gasteiger partial charge in [0.2, 0.25) is 5.91 Å². The molecule has 0 bridgehead atoms. The molecule has 0 unspecified atom stereocenters. The predicted octanol–water partition coefficient (Wildman–Crippen LogP) is 1.54. The monoisotopic (exact) mass is 356 g/mol. The summed E-state index contributed by atoms with van der Waals surface area (Å²) < 4.78 is 4.91. The first-order chi connectivity index (χ1) is 12.4. The van der Waals surface area contributed by atoms with Gasteiger partial charge in [-0.3, -0.25) is 14.4 Å². The molecule has 0 atom stereocenters. The molecule has 1 saturated heterocycles. The first-order valence-corrected chi connectivity index (χ1v) is 8.33. The summed E-state index contributed by atoms with van der Waals surface area (Å²) >= 11 is 0.